The summed E-state index contributed by atoms with van der Waals surface area (Å²) in [4.78, 5) is 12.0. The molecule has 0 atom stereocenters. The molecule has 0 fully saturated rings. The average Bonchev–Trinajstić information content (AvgIpc) is 2.48. The van der Waals surface area contributed by atoms with Crippen LogP contribution < -0.4 is 11.2 Å². The van der Waals surface area contributed by atoms with Crippen LogP contribution in [0.15, 0.2) is 35.1 Å². The van der Waals surface area contributed by atoms with E-state index in [1.54, 1.807) is 25.2 Å². The highest BCUT2D eigenvalue weighted by Crippen LogP contribution is 2.20. The Balaban J connectivity index is 2.55. The standard InChI is InChI=1S/C16H20ClN3O/c1-3-4-5-10-20-14(11-15(21)19(2)16(20)18)12-6-8-13(17)9-7-12/h6-9,11,18H,3-5,10H2,1-2H3. The third-order valence-electron chi connectivity index (χ3n) is 3.58. The maximum atomic E-state index is 12.0. The van der Waals surface area contributed by atoms with Gasteiger partial charge >= 0.3 is 0 Å². The molecule has 1 heterocycles. The zero-order chi connectivity index (χ0) is 15.4. The van der Waals surface area contributed by atoms with Crippen molar-refractivity contribution >= 4 is 11.6 Å². The molecule has 0 unspecified atom stereocenters. The van der Waals surface area contributed by atoms with Crippen molar-refractivity contribution in [1.82, 2.24) is 9.13 Å². The normalized spacial score (nSPS) is 10.8. The first-order chi connectivity index (χ1) is 10.0. The fraction of sp³-hybridized carbons (Fsp3) is 0.375. The van der Waals surface area contributed by atoms with E-state index >= 15 is 0 Å². The average molecular weight is 306 g/mol. The van der Waals surface area contributed by atoms with Crippen molar-refractivity contribution in [2.45, 2.75) is 32.7 Å². The lowest BCUT2D eigenvalue weighted by molar-refractivity contribution is 0.539. The van der Waals surface area contributed by atoms with Crippen molar-refractivity contribution in [2.75, 3.05) is 0 Å². The molecule has 0 radical (unpaired) electrons. The number of nitrogens with zero attached hydrogens (tertiary/aromatic N) is 2. The van der Waals surface area contributed by atoms with E-state index in [0.717, 1.165) is 37.1 Å². The summed E-state index contributed by atoms with van der Waals surface area (Å²) in [5.74, 6) is 0. The zero-order valence-corrected chi connectivity index (χ0v) is 13.2. The molecule has 0 saturated heterocycles. The maximum absolute atomic E-state index is 12.0. The van der Waals surface area contributed by atoms with Gasteiger partial charge in [0.05, 0.1) is 5.69 Å². The number of benzene rings is 1. The molecule has 0 bridgehead atoms. The molecule has 0 amide bonds. The van der Waals surface area contributed by atoms with Crippen LogP contribution in [0.5, 0.6) is 0 Å². The zero-order valence-electron chi connectivity index (χ0n) is 12.4. The summed E-state index contributed by atoms with van der Waals surface area (Å²) in [5, 5.41) is 8.86. The molecule has 0 saturated carbocycles. The second-order valence-electron chi connectivity index (χ2n) is 5.12. The molecule has 5 heteroatoms. The largest absolute Gasteiger partial charge is 0.312 e. The fourth-order valence-corrected chi connectivity index (χ4v) is 2.42. The summed E-state index contributed by atoms with van der Waals surface area (Å²) in [6.45, 7) is 2.88. The van der Waals surface area contributed by atoms with Crippen LogP contribution in [0.25, 0.3) is 11.3 Å². The summed E-state index contributed by atoms with van der Waals surface area (Å²) in [7, 11) is 1.63. The minimum Gasteiger partial charge on any atom is -0.312 e. The van der Waals surface area contributed by atoms with Crippen LogP contribution in [0.2, 0.25) is 5.02 Å². The SMILES string of the molecule is CCCCCn1c(-c2ccc(Cl)cc2)cc(=O)n(C)c1=N. The highest BCUT2D eigenvalue weighted by Gasteiger charge is 2.09. The third-order valence-corrected chi connectivity index (χ3v) is 3.83. The Morgan fingerprint density at radius 2 is 1.86 bits per heavy atom. The first kappa shape index (κ1) is 15.6. The van der Waals surface area contributed by atoms with Crippen LogP contribution in [0.4, 0.5) is 0 Å². The summed E-state index contributed by atoms with van der Waals surface area (Å²) < 4.78 is 3.26. The molecule has 0 aliphatic heterocycles. The van der Waals surface area contributed by atoms with Crippen LogP contribution in [-0.2, 0) is 13.6 Å². The van der Waals surface area contributed by atoms with Crippen LogP contribution in [-0.4, -0.2) is 9.13 Å². The van der Waals surface area contributed by atoms with Gasteiger partial charge in [-0.25, -0.2) is 0 Å². The van der Waals surface area contributed by atoms with Gasteiger partial charge in [0.2, 0.25) is 5.62 Å². The molecule has 1 N–H and O–H groups in total. The topological polar surface area (TPSA) is 50.8 Å². The van der Waals surface area contributed by atoms with Crippen LogP contribution in [0.3, 0.4) is 0 Å². The van der Waals surface area contributed by atoms with Gasteiger partial charge in [0.25, 0.3) is 5.56 Å². The molecule has 112 valence electrons. The van der Waals surface area contributed by atoms with E-state index in [0.29, 0.717) is 5.02 Å². The predicted molar refractivity (Wildman–Crippen MR) is 85.5 cm³/mol. The van der Waals surface area contributed by atoms with Gasteiger partial charge in [-0.05, 0) is 24.1 Å². The van der Waals surface area contributed by atoms with E-state index in [4.69, 9.17) is 17.0 Å². The van der Waals surface area contributed by atoms with E-state index in [-0.39, 0.29) is 11.2 Å². The van der Waals surface area contributed by atoms with Crippen molar-refractivity contribution in [1.29, 1.82) is 5.41 Å². The van der Waals surface area contributed by atoms with Crippen molar-refractivity contribution < 1.29 is 0 Å². The number of hydrogen-bond acceptors (Lipinski definition) is 2. The van der Waals surface area contributed by atoms with Gasteiger partial charge < -0.3 is 4.57 Å². The van der Waals surface area contributed by atoms with E-state index in [9.17, 15) is 4.79 Å². The maximum Gasteiger partial charge on any atom is 0.255 e. The van der Waals surface area contributed by atoms with Gasteiger partial charge in [-0.2, -0.15) is 0 Å². The van der Waals surface area contributed by atoms with Crippen molar-refractivity contribution in [3.8, 4) is 11.3 Å². The van der Waals surface area contributed by atoms with Gasteiger partial charge in [0.1, 0.15) is 0 Å². The first-order valence-electron chi connectivity index (χ1n) is 7.16. The van der Waals surface area contributed by atoms with Crippen molar-refractivity contribution in [3.05, 3.63) is 51.3 Å². The molecule has 0 aliphatic rings. The second kappa shape index (κ2) is 6.76. The summed E-state index contributed by atoms with van der Waals surface area (Å²) in [6, 6.07) is 8.95. The number of rotatable bonds is 5. The molecule has 2 aromatic rings. The van der Waals surface area contributed by atoms with Crippen LogP contribution >= 0.6 is 11.6 Å². The molecular weight excluding hydrogens is 286 g/mol. The highest BCUT2D eigenvalue weighted by molar-refractivity contribution is 6.30. The second-order valence-corrected chi connectivity index (χ2v) is 5.55. The Kier molecular flexibility index (Phi) is 5.02. The number of unbranched alkanes of at least 4 members (excludes halogenated alkanes) is 2. The Hall–Kier alpha value is -1.81. The number of aromatic nitrogens is 2. The van der Waals surface area contributed by atoms with Gasteiger partial charge in [0.15, 0.2) is 0 Å². The molecule has 1 aromatic heterocycles. The first-order valence-corrected chi connectivity index (χ1v) is 7.53. The van der Waals surface area contributed by atoms with Gasteiger partial charge in [-0.1, -0.05) is 43.5 Å². The minimum absolute atomic E-state index is 0.170. The van der Waals surface area contributed by atoms with Gasteiger partial charge in [-0.15, -0.1) is 0 Å². The number of nitrogens with one attached hydrogen (secondary N) is 1. The lowest BCUT2D eigenvalue weighted by atomic mass is 10.1. The molecule has 4 nitrogen and oxygen atoms in total. The van der Waals surface area contributed by atoms with Crippen molar-refractivity contribution in [2.24, 2.45) is 7.05 Å². The molecule has 1 aromatic carbocycles. The smallest absolute Gasteiger partial charge is 0.255 e. The summed E-state index contributed by atoms with van der Waals surface area (Å²) >= 11 is 5.92. The van der Waals surface area contributed by atoms with E-state index in [1.165, 1.54) is 4.57 Å². The summed E-state index contributed by atoms with van der Waals surface area (Å²) in [6.07, 6.45) is 3.22. The quantitative estimate of drug-likeness (QED) is 0.848. The van der Waals surface area contributed by atoms with E-state index in [1.807, 2.05) is 16.7 Å². The Morgan fingerprint density at radius 3 is 2.48 bits per heavy atom. The molecular formula is C16H20ClN3O. The van der Waals surface area contributed by atoms with Crippen LogP contribution in [0.1, 0.15) is 26.2 Å². The Labute approximate surface area is 129 Å². The lowest BCUT2D eigenvalue weighted by Gasteiger charge is -2.15. The van der Waals surface area contributed by atoms with E-state index < -0.39 is 0 Å². The lowest BCUT2D eigenvalue weighted by Crippen LogP contribution is -2.38. The monoisotopic (exact) mass is 305 g/mol. The Morgan fingerprint density at radius 1 is 1.19 bits per heavy atom. The molecule has 2 rings (SSSR count). The molecule has 0 aliphatic carbocycles. The Bertz CT molecular complexity index is 729. The van der Waals surface area contributed by atoms with Crippen molar-refractivity contribution in [3.63, 3.8) is 0 Å². The minimum atomic E-state index is -0.170. The number of hydrogen-bond donors (Lipinski definition) is 1. The third kappa shape index (κ3) is 3.45. The number of halogens is 1. The van der Waals surface area contributed by atoms with Crippen LogP contribution in [0, 0.1) is 5.41 Å². The fourth-order valence-electron chi connectivity index (χ4n) is 2.30. The molecule has 21 heavy (non-hydrogen) atoms. The highest BCUT2D eigenvalue weighted by atomic mass is 35.5. The van der Waals surface area contributed by atoms with Gasteiger partial charge in [0, 0.05) is 24.7 Å². The summed E-state index contributed by atoms with van der Waals surface area (Å²) in [5.41, 5.74) is 1.73. The van der Waals surface area contributed by atoms with Gasteiger partial charge in [-0.3, -0.25) is 14.8 Å². The molecule has 0 spiro atoms. The predicted octanol–water partition coefficient (Wildman–Crippen LogP) is 3.18. The van der Waals surface area contributed by atoms with E-state index in [2.05, 4.69) is 6.92 Å².